The second-order valence-corrected chi connectivity index (χ2v) is 7.21. The summed E-state index contributed by atoms with van der Waals surface area (Å²) in [7, 11) is -1.99. The summed E-state index contributed by atoms with van der Waals surface area (Å²) in [6.07, 6.45) is 0. The van der Waals surface area contributed by atoms with Crippen LogP contribution in [0.4, 0.5) is 0 Å². The molecule has 1 aliphatic heterocycles. The first-order valence-corrected chi connectivity index (χ1v) is 8.00. The van der Waals surface area contributed by atoms with Crippen LogP contribution < -0.4 is 0 Å². The molecule has 1 saturated heterocycles. The van der Waals surface area contributed by atoms with E-state index in [4.69, 9.17) is 4.84 Å². The molecule has 0 aromatic heterocycles. The van der Waals surface area contributed by atoms with E-state index in [1.54, 1.807) is 24.3 Å². The summed E-state index contributed by atoms with van der Waals surface area (Å²) in [5.41, 5.74) is 1.81. The third-order valence-electron chi connectivity index (χ3n) is 3.44. The van der Waals surface area contributed by atoms with Gasteiger partial charge in [-0.05, 0) is 25.0 Å². The van der Waals surface area contributed by atoms with Crippen LogP contribution in [-0.4, -0.2) is 38.1 Å². The molecule has 5 nitrogen and oxygen atoms in total. The minimum atomic E-state index is -3.47. The first-order chi connectivity index (χ1) is 9.37. The van der Waals surface area contributed by atoms with E-state index >= 15 is 0 Å². The summed E-state index contributed by atoms with van der Waals surface area (Å²) < 4.78 is 26.7. The Balaban J connectivity index is 2.31. The fraction of sp³-hybridized carbons (Fsp3) is 0.500. The van der Waals surface area contributed by atoms with Crippen LogP contribution in [0.3, 0.4) is 0 Å². The van der Waals surface area contributed by atoms with E-state index in [-0.39, 0.29) is 12.0 Å². The molecular weight excluding hydrogens is 276 g/mol. The van der Waals surface area contributed by atoms with Crippen LogP contribution >= 0.6 is 0 Å². The number of hydrogen-bond acceptors (Lipinski definition) is 4. The van der Waals surface area contributed by atoms with Gasteiger partial charge in [0.1, 0.15) is 7.11 Å². The van der Waals surface area contributed by atoms with Crippen molar-refractivity contribution in [3.05, 3.63) is 29.8 Å². The third kappa shape index (κ3) is 2.58. The van der Waals surface area contributed by atoms with Crippen molar-refractivity contribution in [3.8, 4) is 0 Å². The van der Waals surface area contributed by atoms with Gasteiger partial charge in [0, 0.05) is 0 Å². The van der Waals surface area contributed by atoms with E-state index in [0.29, 0.717) is 11.4 Å². The molecule has 1 aromatic rings. The average molecular weight is 296 g/mol. The molecule has 0 bridgehead atoms. The summed E-state index contributed by atoms with van der Waals surface area (Å²) in [6.45, 7) is 6.19. The van der Waals surface area contributed by atoms with Gasteiger partial charge in [-0.2, -0.15) is 4.31 Å². The first kappa shape index (κ1) is 15.0. The van der Waals surface area contributed by atoms with Gasteiger partial charge in [-0.1, -0.05) is 36.7 Å². The van der Waals surface area contributed by atoms with E-state index in [9.17, 15) is 8.42 Å². The lowest BCUT2D eigenvalue weighted by atomic mass is 9.93. The van der Waals surface area contributed by atoms with Gasteiger partial charge in [0.2, 0.25) is 10.0 Å². The molecule has 0 aliphatic carbocycles. The molecule has 0 unspecified atom stereocenters. The predicted molar refractivity (Wildman–Crippen MR) is 78.1 cm³/mol. The molecule has 0 spiro atoms. The minimum absolute atomic E-state index is 0.151. The third-order valence-corrected chi connectivity index (χ3v) is 5.28. The van der Waals surface area contributed by atoms with E-state index in [1.165, 1.54) is 11.4 Å². The first-order valence-electron chi connectivity index (χ1n) is 6.56. The van der Waals surface area contributed by atoms with Gasteiger partial charge in [0.25, 0.3) is 0 Å². The highest BCUT2D eigenvalue weighted by molar-refractivity contribution is 7.89. The molecular formula is C14H20N2O3S. The van der Waals surface area contributed by atoms with E-state index in [0.717, 1.165) is 11.3 Å². The summed E-state index contributed by atoms with van der Waals surface area (Å²) in [6, 6.07) is 6.69. The van der Waals surface area contributed by atoms with Gasteiger partial charge >= 0.3 is 0 Å². The molecule has 6 heteroatoms. The molecule has 0 radical (unpaired) electrons. The van der Waals surface area contributed by atoms with Crippen LogP contribution in [0.15, 0.2) is 34.3 Å². The van der Waals surface area contributed by atoms with E-state index < -0.39 is 10.0 Å². The predicted octanol–water partition coefficient (Wildman–Crippen LogP) is 2.03. The van der Waals surface area contributed by atoms with Crippen molar-refractivity contribution in [2.45, 2.75) is 31.7 Å². The average Bonchev–Trinajstić information content (AvgIpc) is 2.33. The number of nitrogens with zero attached hydrogens (tertiary/aromatic N) is 2. The molecule has 1 atom stereocenters. The lowest BCUT2D eigenvalue weighted by Crippen LogP contribution is -2.61. The van der Waals surface area contributed by atoms with Crippen LogP contribution in [0.2, 0.25) is 0 Å². The normalized spacial score (nSPS) is 22.1. The number of aryl methyl sites for hydroxylation is 1. The Kier molecular flexibility index (Phi) is 4.15. The Hall–Kier alpha value is -1.40. The number of rotatable bonds is 4. The SMILES string of the molecule is CO/N=C1\CN(S(=O)(=O)c2ccc(C)cc2)[C@H]1C(C)C. The Labute approximate surface area is 120 Å². The molecule has 1 fully saturated rings. The van der Waals surface area contributed by atoms with Crippen molar-refractivity contribution in [2.75, 3.05) is 13.7 Å². The lowest BCUT2D eigenvalue weighted by Gasteiger charge is -2.42. The highest BCUT2D eigenvalue weighted by atomic mass is 32.2. The van der Waals surface area contributed by atoms with Crippen molar-refractivity contribution in [3.63, 3.8) is 0 Å². The van der Waals surface area contributed by atoms with Crippen molar-refractivity contribution >= 4 is 15.7 Å². The monoisotopic (exact) mass is 296 g/mol. The van der Waals surface area contributed by atoms with Crippen molar-refractivity contribution in [1.82, 2.24) is 4.31 Å². The van der Waals surface area contributed by atoms with Crippen LogP contribution in [-0.2, 0) is 14.9 Å². The van der Waals surface area contributed by atoms with Crippen molar-refractivity contribution < 1.29 is 13.3 Å². The maximum Gasteiger partial charge on any atom is 0.244 e. The Bertz CT molecular complexity index is 606. The standard InChI is InChI=1S/C14H20N2O3S/c1-10(2)14-13(15-19-4)9-16(14)20(17,18)12-7-5-11(3)6-8-12/h5-8,10,14H,9H2,1-4H3/b15-13+/t14-/m0/s1. The maximum atomic E-state index is 12.6. The van der Waals surface area contributed by atoms with Crippen molar-refractivity contribution in [2.24, 2.45) is 11.1 Å². The van der Waals surface area contributed by atoms with Crippen LogP contribution in [0.5, 0.6) is 0 Å². The summed E-state index contributed by atoms with van der Waals surface area (Å²) in [5.74, 6) is 0.151. The zero-order valence-corrected chi connectivity index (χ0v) is 13.0. The van der Waals surface area contributed by atoms with Gasteiger partial charge in [-0.15, -0.1) is 0 Å². The lowest BCUT2D eigenvalue weighted by molar-refractivity contribution is 0.194. The second-order valence-electron chi connectivity index (χ2n) is 5.32. The zero-order chi connectivity index (χ0) is 14.9. The fourth-order valence-electron chi connectivity index (χ4n) is 2.40. The largest absolute Gasteiger partial charge is 0.399 e. The Morgan fingerprint density at radius 2 is 1.90 bits per heavy atom. The van der Waals surface area contributed by atoms with Gasteiger partial charge < -0.3 is 4.84 Å². The summed E-state index contributed by atoms with van der Waals surface area (Å²) in [4.78, 5) is 5.10. The Morgan fingerprint density at radius 1 is 1.30 bits per heavy atom. The molecule has 2 rings (SSSR count). The number of sulfonamides is 1. The quantitative estimate of drug-likeness (QED) is 0.799. The summed E-state index contributed by atoms with van der Waals surface area (Å²) >= 11 is 0. The molecule has 0 saturated carbocycles. The minimum Gasteiger partial charge on any atom is -0.399 e. The fourth-order valence-corrected chi connectivity index (χ4v) is 4.12. The van der Waals surface area contributed by atoms with Gasteiger partial charge in [-0.25, -0.2) is 8.42 Å². The van der Waals surface area contributed by atoms with Gasteiger partial charge in [0.15, 0.2) is 0 Å². The molecule has 1 aromatic carbocycles. The Morgan fingerprint density at radius 3 is 2.40 bits per heavy atom. The number of benzene rings is 1. The van der Waals surface area contributed by atoms with Crippen LogP contribution in [0, 0.1) is 12.8 Å². The summed E-state index contributed by atoms with van der Waals surface area (Å²) in [5, 5.41) is 3.91. The molecule has 0 amide bonds. The molecule has 110 valence electrons. The highest BCUT2D eigenvalue weighted by Gasteiger charge is 2.45. The van der Waals surface area contributed by atoms with Crippen LogP contribution in [0.25, 0.3) is 0 Å². The van der Waals surface area contributed by atoms with Gasteiger partial charge in [-0.3, -0.25) is 0 Å². The van der Waals surface area contributed by atoms with Crippen LogP contribution in [0.1, 0.15) is 19.4 Å². The highest BCUT2D eigenvalue weighted by Crippen LogP contribution is 2.30. The topological polar surface area (TPSA) is 59.0 Å². The van der Waals surface area contributed by atoms with E-state index in [2.05, 4.69) is 5.16 Å². The molecule has 0 N–H and O–H groups in total. The second kappa shape index (κ2) is 5.54. The van der Waals surface area contributed by atoms with Gasteiger partial charge in [0.05, 0.1) is 23.2 Å². The number of oxime groups is 1. The molecule has 20 heavy (non-hydrogen) atoms. The molecule has 1 aliphatic rings. The smallest absolute Gasteiger partial charge is 0.244 e. The molecule has 1 heterocycles. The zero-order valence-electron chi connectivity index (χ0n) is 12.2. The maximum absolute atomic E-state index is 12.6. The van der Waals surface area contributed by atoms with E-state index in [1.807, 2.05) is 20.8 Å². The number of hydrogen-bond donors (Lipinski definition) is 0. The van der Waals surface area contributed by atoms with Crippen molar-refractivity contribution in [1.29, 1.82) is 0 Å².